The third kappa shape index (κ3) is 24.5. The largest absolute Gasteiger partial charge is 3.00 e. The van der Waals surface area contributed by atoms with Crippen LogP contribution in [0.2, 0.25) is 0 Å². The SMILES string of the molecule is O=P([O-])(O)c1ccccc1.[Mn+3].[Mn+3].[O-][Cl+3]([O-])([O-])[O-].[O-]c1ccccc1C=NCCN=Cc1ccccc1[O-].[O-]c1ccccc1C=NCCN=Cc1ccccc1[O-]. The van der Waals surface area contributed by atoms with Gasteiger partial charge in [-0.1, -0.05) is 127 Å². The summed E-state index contributed by atoms with van der Waals surface area (Å²) in [5.41, 5.74) is 2.28. The van der Waals surface area contributed by atoms with Crippen molar-refractivity contribution in [3.63, 3.8) is 0 Å². The molecule has 0 amide bonds. The molecule has 0 radical (unpaired) electrons. The number of hydrogen-bond donors (Lipinski definition) is 1. The van der Waals surface area contributed by atoms with E-state index in [1.807, 2.05) is 0 Å². The van der Waals surface area contributed by atoms with Gasteiger partial charge in [0.25, 0.3) is 0 Å². The molecule has 1 N–H and O–H groups in total. The molecule has 0 aromatic heterocycles. The maximum Gasteiger partial charge on any atom is 3.00 e. The van der Waals surface area contributed by atoms with Gasteiger partial charge in [-0.3, -0.25) is 20.0 Å². The molecule has 19 heteroatoms. The molecule has 0 saturated carbocycles. The molecule has 1 unspecified atom stereocenters. The van der Waals surface area contributed by atoms with E-state index in [4.69, 9.17) is 23.5 Å². The fraction of sp³-hybridized carbons (Fsp3) is 0.105. The van der Waals surface area contributed by atoms with Crippen molar-refractivity contribution < 1.29 is 97.8 Å². The number of para-hydroxylation sites is 4. The molecule has 1 atom stereocenters. The minimum atomic E-state index is -4.94. The Labute approximate surface area is 352 Å². The zero-order valence-corrected chi connectivity index (χ0v) is 33.7. The Kier molecular flexibility index (Phi) is 26.3. The minimum Gasteiger partial charge on any atom is -0.872 e. The van der Waals surface area contributed by atoms with Gasteiger partial charge < -0.3 is 34.8 Å². The molecular formula is C38H34ClMn2N4O11P. The number of hydrogen-bond acceptors (Lipinski definition) is 14. The van der Waals surface area contributed by atoms with E-state index in [2.05, 4.69) is 20.0 Å². The van der Waals surface area contributed by atoms with E-state index in [9.17, 15) is 29.9 Å². The topological polar surface area (TPSA) is 294 Å². The smallest absolute Gasteiger partial charge is 0.872 e. The van der Waals surface area contributed by atoms with Crippen LogP contribution in [0.15, 0.2) is 147 Å². The van der Waals surface area contributed by atoms with Gasteiger partial charge in [0.2, 0.25) is 0 Å². The number of halogens is 1. The summed E-state index contributed by atoms with van der Waals surface area (Å²) in [6, 6.07) is 34.4. The van der Waals surface area contributed by atoms with Gasteiger partial charge in [0.05, 0.1) is 26.2 Å². The second-order valence-corrected chi connectivity index (χ2v) is 12.8. The van der Waals surface area contributed by atoms with Gasteiger partial charge in [-0.2, -0.15) is 0 Å². The normalized spacial score (nSPS) is 11.9. The molecule has 0 aliphatic rings. The maximum atomic E-state index is 11.4. The van der Waals surface area contributed by atoms with Crippen LogP contribution in [0, 0.1) is 10.2 Å². The fourth-order valence-corrected chi connectivity index (χ4v) is 4.40. The molecule has 5 aromatic carbocycles. The molecule has 0 spiro atoms. The summed E-state index contributed by atoms with van der Waals surface area (Å²) in [6.45, 7) is 1.91. The molecule has 0 aliphatic carbocycles. The molecule has 5 rings (SSSR count). The third-order valence-electron chi connectivity index (χ3n) is 6.40. The molecule has 15 nitrogen and oxygen atoms in total. The quantitative estimate of drug-likeness (QED) is 0.0645. The van der Waals surface area contributed by atoms with Crippen LogP contribution in [0.3, 0.4) is 0 Å². The van der Waals surface area contributed by atoms with Crippen molar-refractivity contribution in [2.45, 2.75) is 0 Å². The Morgan fingerprint density at radius 3 is 0.860 bits per heavy atom. The molecule has 5 aromatic rings. The Hall–Kier alpha value is -4.70. The summed E-state index contributed by atoms with van der Waals surface area (Å²) in [4.78, 5) is 35.5. The average molecular weight is 899 g/mol. The molecule has 0 heterocycles. The first-order chi connectivity index (χ1) is 26.1. The van der Waals surface area contributed by atoms with E-state index in [-0.39, 0.29) is 62.4 Å². The Balaban J connectivity index is 0.000000798. The van der Waals surface area contributed by atoms with E-state index in [1.54, 1.807) is 116 Å². The minimum absolute atomic E-state index is 0. The van der Waals surface area contributed by atoms with Gasteiger partial charge in [-0.15, -0.1) is 33.2 Å². The molecule has 298 valence electrons. The van der Waals surface area contributed by atoms with Crippen molar-refractivity contribution in [3.05, 3.63) is 150 Å². The van der Waals surface area contributed by atoms with Crippen molar-refractivity contribution in [2.24, 2.45) is 20.0 Å². The van der Waals surface area contributed by atoms with E-state index < -0.39 is 17.8 Å². The third-order valence-corrected chi connectivity index (χ3v) is 7.35. The van der Waals surface area contributed by atoms with Gasteiger partial charge in [0.15, 0.2) is 7.60 Å². The zero-order chi connectivity index (χ0) is 40.5. The summed E-state index contributed by atoms with van der Waals surface area (Å²) in [5, 5.41) is 45.6. The Bertz CT molecular complexity index is 1820. The van der Waals surface area contributed by atoms with Gasteiger partial charge in [-0.05, 0) is 22.3 Å². The summed E-state index contributed by atoms with van der Waals surface area (Å²) < 4.78 is 44.4. The Morgan fingerprint density at radius 1 is 0.456 bits per heavy atom. The Morgan fingerprint density at radius 2 is 0.667 bits per heavy atom. The van der Waals surface area contributed by atoms with Crippen LogP contribution >= 0.6 is 7.60 Å². The number of nitrogens with zero attached hydrogens (tertiary/aromatic N) is 4. The summed E-state index contributed by atoms with van der Waals surface area (Å²) in [5.74, 6) is -0.167. The van der Waals surface area contributed by atoms with Gasteiger partial charge in [0, 0.05) is 30.2 Å². The summed E-state index contributed by atoms with van der Waals surface area (Å²) >= 11 is 0. The van der Waals surface area contributed by atoms with Crippen LogP contribution in [0.4, 0.5) is 0 Å². The predicted molar refractivity (Wildman–Crippen MR) is 189 cm³/mol. The number of aliphatic imine (C=N–C) groups is 4. The standard InChI is InChI=1S/2C16H16N2O2.C6H7O3P.ClHO4.2Mn/c2*19-15-7-3-1-5-13(15)11-17-9-10-18-12-14-6-2-4-8-16(14)20;7-10(8,9)6-4-2-1-3-5-6;2-1(3,4)5;;/h2*1-8,11-12,19-20H,9-10H2;1-5H,(H2,7,8,9);(H,2,3,4,5);;/q;;;;2*+3/p-6. The molecule has 57 heavy (non-hydrogen) atoms. The first kappa shape index (κ1) is 52.3. The fourth-order valence-electron chi connectivity index (χ4n) is 3.85. The first-order valence-electron chi connectivity index (χ1n) is 15.9. The van der Waals surface area contributed by atoms with Crippen LogP contribution in [-0.4, -0.2) is 55.9 Å². The van der Waals surface area contributed by atoms with Gasteiger partial charge in [0.1, 0.15) is 0 Å². The van der Waals surface area contributed by atoms with Gasteiger partial charge in [-0.25, -0.2) is 18.6 Å². The first-order valence-corrected chi connectivity index (χ1v) is 18.7. The monoisotopic (exact) mass is 898 g/mol. The molecule has 0 aliphatic heterocycles. The second-order valence-electron chi connectivity index (χ2n) is 10.5. The van der Waals surface area contributed by atoms with Crippen LogP contribution in [0.5, 0.6) is 23.0 Å². The van der Waals surface area contributed by atoms with Crippen LogP contribution < -0.4 is 49.3 Å². The van der Waals surface area contributed by atoms with Crippen LogP contribution in [0.25, 0.3) is 0 Å². The molecule has 0 saturated heterocycles. The maximum absolute atomic E-state index is 11.4. The number of benzene rings is 5. The van der Waals surface area contributed by atoms with Gasteiger partial charge >= 0.3 is 34.1 Å². The van der Waals surface area contributed by atoms with Crippen LogP contribution in [0.1, 0.15) is 22.3 Å². The van der Waals surface area contributed by atoms with Crippen molar-refractivity contribution in [1.82, 2.24) is 0 Å². The summed E-state index contributed by atoms with van der Waals surface area (Å²) in [7, 11) is -9.21. The van der Waals surface area contributed by atoms with Crippen molar-refractivity contribution >= 4 is 37.8 Å². The van der Waals surface area contributed by atoms with Crippen molar-refractivity contribution in [3.8, 4) is 23.0 Å². The van der Waals surface area contributed by atoms with E-state index >= 15 is 0 Å². The average Bonchev–Trinajstić information content (AvgIpc) is 3.14. The predicted octanol–water partition coefficient (Wildman–Crippen LogP) is -2.16. The van der Waals surface area contributed by atoms with E-state index in [0.717, 1.165) is 0 Å². The summed E-state index contributed by atoms with van der Waals surface area (Å²) in [6.07, 6.45) is 6.22. The van der Waals surface area contributed by atoms with E-state index in [0.29, 0.717) is 48.4 Å². The zero-order valence-electron chi connectivity index (χ0n) is 29.7. The molecule has 0 fully saturated rings. The molecule has 0 bridgehead atoms. The molecular weight excluding hydrogens is 865 g/mol. The number of rotatable bonds is 11. The van der Waals surface area contributed by atoms with Crippen molar-refractivity contribution in [2.75, 3.05) is 26.2 Å². The second kappa shape index (κ2) is 28.7. The van der Waals surface area contributed by atoms with E-state index in [1.165, 1.54) is 36.4 Å². The van der Waals surface area contributed by atoms with Crippen molar-refractivity contribution in [1.29, 1.82) is 0 Å². The van der Waals surface area contributed by atoms with Crippen LogP contribution in [-0.2, 0) is 38.7 Å².